The summed E-state index contributed by atoms with van der Waals surface area (Å²) in [4.78, 5) is 0. The molecule has 2 rings (SSSR count). The van der Waals surface area contributed by atoms with Crippen molar-refractivity contribution in [3.8, 4) is 17.1 Å². The first-order chi connectivity index (χ1) is 9.33. The van der Waals surface area contributed by atoms with Gasteiger partial charge >= 0.3 is 0 Å². The molecule has 5 nitrogen and oxygen atoms in total. The van der Waals surface area contributed by atoms with E-state index >= 15 is 0 Å². The third-order valence-electron chi connectivity index (χ3n) is 2.61. The molecule has 19 heavy (non-hydrogen) atoms. The van der Waals surface area contributed by atoms with E-state index in [-0.39, 0.29) is 0 Å². The lowest BCUT2D eigenvalue weighted by Crippen LogP contribution is -2.04. The van der Waals surface area contributed by atoms with Crippen LogP contribution in [0.1, 0.15) is 5.69 Å². The molecule has 0 radical (unpaired) electrons. The average Bonchev–Trinajstić information content (AvgIpc) is 2.89. The van der Waals surface area contributed by atoms with Crippen molar-refractivity contribution in [3.63, 3.8) is 0 Å². The zero-order chi connectivity index (χ0) is 13.5. The first kappa shape index (κ1) is 13.6. The molecule has 0 atom stereocenters. The van der Waals surface area contributed by atoms with Crippen molar-refractivity contribution in [2.45, 2.75) is 6.54 Å². The summed E-state index contributed by atoms with van der Waals surface area (Å²) >= 11 is 0. The van der Waals surface area contributed by atoms with Crippen LogP contribution in [0.15, 0.2) is 34.9 Å². The molecule has 0 fully saturated rings. The summed E-state index contributed by atoms with van der Waals surface area (Å²) in [6.07, 6.45) is 0. The number of hydrogen-bond donors (Lipinski definition) is 1. The predicted octanol–water partition coefficient (Wildman–Crippen LogP) is 2.09. The molecule has 1 N–H and O–H groups in total. The first-order valence-corrected chi connectivity index (χ1v) is 6.16. The summed E-state index contributed by atoms with van der Waals surface area (Å²) < 4.78 is 15.7. The lowest BCUT2D eigenvalue weighted by atomic mass is 10.1. The van der Waals surface area contributed by atoms with Crippen LogP contribution in [0.25, 0.3) is 11.3 Å². The van der Waals surface area contributed by atoms with Gasteiger partial charge in [0.15, 0.2) is 5.76 Å². The number of hydrogen-bond acceptors (Lipinski definition) is 5. The van der Waals surface area contributed by atoms with Crippen LogP contribution in [0.3, 0.4) is 0 Å². The fourth-order valence-electron chi connectivity index (χ4n) is 1.67. The van der Waals surface area contributed by atoms with Crippen molar-refractivity contribution < 1.29 is 14.0 Å². The van der Waals surface area contributed by atoms with Crippen molar-refractivity contribution in [2.75, 3.05) is 27.4 Å². The molecule has 2 aromatic rings. The highest BCUT2D eigenvalue weighted by Crippen LogP contribution is 2.23. The summed E-state index contributed by atoms with van der Waals surface area (Å²) in [6, 6.07) is 9.64. The lowest BCUT2D eigenvalue weighted by Gasteiger charge is -2.05. The van der Waals surface area contributed by atoms with E-state index in [0.717, 1.165) is 22.8 Å². The molecule has 1 aromatic carbocycles. The van der Waals surface area contributed by atoms with Crippen LogP contribution in [-0.4, -0.2) is 32.5 Å². The fourth-order valence-corrected chi connectivity index (χ4v) is 1.67. The Morgan fingerprint density at radius 1 is 1.21 bits per heavy atom. The number of rotatable bonds is 7. The summed E-state index contributed by atoms with van der Waals surface area (Å²) in [7, 11) is 3.53. The van der Waals surface area contributed by atoms with Crippen molar-refractivity contribution in [1.29, 1.82) is 0 Å². The number of nitrogens with one attached hydrogen (secondary N) is 1. The molecule has 102 valence electrons. The van der Waals surface area contributed by atoms with E-state index in [9.17, 15) is 0 Å². The Labute approximate surface area is 112 Å². The van der Waals surface area contributed by atoms with Crippen molar-refractivity contribution in [1.82, 2.24) is 10.5 Å². The van der Waals surface area contributed by atoms with E-state index < -0.39 is 0 Å². The van der Waals surface area contributed by atoms with Crippen LogP contribution in [0.5, 0.6) is 5.75 Å². The van der Waals surface area contributed by atoms with Gasteiger partial charge in [-0.1, -0.05) is 5.16 Å². The van der Waals surface area contributed by atoms with Gasteiger partial charge in [-0.05, 0) is 31.3 Å². The highest BCUT2D eigenvalue weighted by molar-refractivity contribution is 5.58. The minimum Gasteiger partial charge on any atom is -0.491 e. The molecule has 0 spiro atoms. The quantitative estimate of drug-likeness (QED) is 0.774. The van der Waals surface area contributed by atoms with Gasteiger partial charge in [0.2, 0.25) is 0 Å². The Morgan fingerprint density at radius 3 is 2.68 bits per heavy atom. The van der Waals surface area contributed by atoms with Gasteiger partial charge in [0.05, 0.1) is 12.3 Å². The van der Waals surface area contributed by atoms with E-state index in [4.69, 9.17) is 14.0 Å². The molecule has 0 saturated carbocycles. The number of nitrogens with zero attached hydrogens (tertiary/aromatic N) is 1. The molecule has 0 aliphatic heterocycles. The van der Waals surface area contributed by atoms with Gasteiger partial charge in [0.25, 0.3) is 0 Å². The maximum absolute atomic E-state index is 5.50. The Bertz CT molecular complexity index is 494. The standard InChI is InChI=1S/C14H18N2O3/c1-15-10-12-9-14(19-16-12)11-3-5-13(6-4-11)18-8-7-17-2/h3-6,9,15H,7-8,10H2,1-2H3. The maximum Gasteiger partial charge on any atom is 0.167 e. The van der Waals surface area contributed by atoms with Crippen molar-refractivity contribution in [3.05, 3.63) is 36.0 Å². The average molecular weight is 262 g/mol. The van der Waals surface area contributed by atoms with Gasteiger partial charge in [-0.15, -0.1) is 0 Å². The second kappa shape index (κ2) is 6.92. The largest absolute Gasteiger partial charge is 0.491 e. The highest BCUT2D eigenvalue weighted by Gasteiger charge is 2.06. The van der Waals surface area contributed by atoms with E-state index in [1.807, 2.05) is 37.4 Å². The normalized spacial score (nSPS) is 10.6. The van der Waals surface area contributed by atoms with Gasteiger partial charge in [0, 0.05) is 25.3 Å². The Balaban J connectivity index is 2.00. The fraction of sp³-hybridized carbons (Fsp3) is 0.357. The van der Waals surface area contributed by atoms with Gasteiger partial charge in [-0.25, -0.2) is 0 Å². The summed E-state index contributed by atoms with van der Waals surface area (Å²) in [5.74, 6) is 1.57. The predicted molar refractivity (Wildman–Crippen MR) is 72.1 cm³/mol. The van der Waals surface area contributed by atoms with Crippen molar-refractivity contribution in [2.24, 2.45) is 0 Å². The smallest absolute Gasteiger partial charge is 0.167 e. The molecule has 0 aliphatic carbocycles. The number of ether oxygens (including phenoxy) is 2. The zero-order valence-corrected chi connectivity index (χ0v) is 11.2. The van der Waals surface area contributed by atoms with Crippen molar-refractivity contribution >= 4 is 0 Å². The van der Waals surface area contributed by atoms with E-state index in [1.54, 1.807) is 7.11 Å². The molecule has 0 unspecified atom stereocenters. The van der Waals surface area contributed by atoms with Crippen LogP contribution >= 0.6 is 0 Å². The second-order valence-corrected chi connectivity index (χ2v) is 4.08. The number of aromatic nitrogens is 1. The highest BCUT2D eigenvalue weighted by atomic mass is 16.5. The van der Waals surface area contributed by atoms with Crippen LogP contribution in [0, 0.1) is 0 Å². The van der Waals surface area contributed by atoms with Crippen LogP contribution in [0.2, 0.25) is 0 Å². The molecular formula is C14H18N2O3. The van der Waals surface area contributed by atoms with E-state index in [0.29, 0.717) is 19.8 Å². The van der Waals surface area contributed by atoms with E-state index in [1.165, 1.54) is 0 Å². The van der Waals surface area contributed by atoms with Gasteiger partial charge in [-0.2, -0.15) is 0 Å². The number of methoxy groups -OCH3 is 1. The SMILES string of the molecule is CNCc1cc(-c2ccc(OCCOC)cc2)on1. The molecule has 0 bridgehead atoms. The van der Waals surface area contributed by atoms with Gasteiger partial charge in [0.1, 0.15) is 12.4 Å². The number of benzene rings is 1. The lowest BCUT2D eigenvalue weighted by molar-refractivity contribution is 0.146. The Kier molecular flexibility index (Phi) is 4.94. The zero-order valence-electron chi connectivity index (χ0n) is 11.2. The molecule has 0 aliphatic rings. The monoisotopic (exact) mass is 262 g/mol. The summed E-state index contributed by atoms with van der Waals surface area (Å²) in [6.45, 7) is 1.82. The molecule has 1 heterocycles. The molecular weight excluding hydrogens is 244 g/mol. The van der Waals surface area contributed by atoms with E-state index in [2.05, 4.69) is 10.5 Å². The van der Waals surface area contributed by atoms with Crippen LogP contribution in [-0.2, 0) is 11.3 Å². The van der Waals surface area contributed by atoms with Gasteiger partial charge in [-0.3, -0.25) is 0 Å². The minimum absolute atomic E-state index is 0.546. The van der Waals surface area contributed by atoms with Crippen LogP contribution in [0.4, 0.5) is 0 Å². The maximum atomic E-state index is 5.50. The second-order valence-electron chi connectivity index (χ2n) is 4.08. The Morgan fingerprint density at radius 2 is 2.00 bits per heavy atom. The van der Waals surface area contributed by atoms with Crippen LogP contribution < -0.4 is 10.1 Å². The third kappa shape index (κ3) is 3.81. The Hall–Kier alpha value is -1.85. The van der Waals surface area contributed by atoms with Gasteiger partial charge < -0.3 is 19.3 Å². The molecule has 0 saturated heterocycles. The molecule has 5 heteroatoms. The first-order valence-electron chi connectivity index (χ1n) is 6.16. The molecule has 1 aromatic heterocycles. The molecule has 0 amide bonds. The summed E-state index contributed by atoms with van der Waals surface area (Å²) in [5, 5.41) is 7.01. The minimum atomic E-state index is 0.546. The summed E-state index contributed by atoms with van der Waals surface area (Å²) in [5.41, 5.74) is 1.87. The third-order valence-corrected chi connectivity index (χ3v) is 2.61. The topological polar surface area (TPSA) is 56.5 Å².